The molecule has 0 aromatic carbocycles. The Bertz CT molecular complexity index is 536. The van der Waals surface area contributed by atoms with Crippen molar-refractivity contribution in [1.82, 2.24) is 14.8 Å². The number of hydrogen-bond donors (Lipinski definition) is 1. The third kappa shape index (κ3) is 2.36. The summed E-state index contributed by atoms with van der Waals surface area (Å²) in [7, 11) is 3.52. The zero-order chi connectivity index (χ0) is 13.1. The number of nitrogens with two attached hydrogens (primary N) is 1. The highest BCUT2D eigenvalue weighted by molar-refractivity contribution is 5.31. The highest BCUT2D eigenvalue weighted by Gasteiger charge is 2.15. The molecule has 0 aliphatic heterocycles. The molecule has 2 aromatic heterocycles. The van der Waals surface area contributed by atoms with Crippen LogP contribution in [0.15, 0.2) is 24.5 Å². The lowest BCUT2D eigenvalue weighted by Crippen LogP contribution is -2.16. The van der Waals surface area contributed by atoms with E-state index in [0.717, 1.165) is 23.4 Å². The van der Waals surface area contributed by atoms with Crippen LogP contribution in [0.5, 0.6) is 5.75 Å². The van der Waals surface area contributed by atoms with E-state index in [0.29, 0.717) is 5.75 Å². The van der Waals surface area contributed by atoms with Crippen molar-refractivity contribution >= 4 is 0 Å². The molecule has 0 fully saturated rings. The summed E-state index contributed by atoms with van der Waals surface area (Å²) in [6.45, 7) is 2.07. The fourth-order valence-corrected chi connectivity index (χ4v) is 1.90. The Hall–Kier alpha value is -1.88. The van der Waals surface area contributed by atoms with Gasteiger partial charge in [-0.05, 0) is 24.1 Å². The maximum absolute atomic E-state index is 6.25. The van der Waals surface area contributed by atoms with Gasteiger partial charge in [0.1, 0.15) is 5.75 Å². The summed E-state index contributed by atoms with van der Waals surface area (Å²) in [5.41, 5.74) is 9.18. The second-order valence-electron chi connectivity index (χ2n) is 4.17. The minimum absolute atomic E-state index is 0.245. The van der Waals surface area contributed by atoms with Crippen LogP contribution in [0.1, 0.15) is 29.9 Å². The van der Waals surface area contributed by atoms with Gasteiger partial charge in [-0.3, -0.25) is 9.67 Å². The van der Waals surface area contributed by atoms with Gasteiger partial charge in [0, 0.05) is 13.2 Å². The van der Waals surface area contributed by atoms with Crippen LogP contribution in [0.25, 0.3) is 0 Å². The fourth-order valence-electron chi connectivity index (χ4n) is 1.90. The van der Waals surface area contributed by atoms with E-state index in [1.807, 2.05) is 23.9 Å². The van der Waals surface area contributed by atoms with Gasteiger partial charge in [-0.1, -0.05) is 6.92 Å². The number of hydrogen-bond acceptors (Lipinski definition) is 4. The van der Waals surface area contributed by atoms with Crippen LogP contribution in [-0.4, -0.2) is 21.9 Å². The van der Waals surface area contributed by atoms with Gasteiger partial charge in [-0.25, -0.2) is 0 Å². The van der Waals surface area contributed by atoms with Gasteiger partial charge < -0.3 is 10.5 Å². The SMILES string of the molecule is CCc1cc(C(N)c2cncc(OC)c2)n(C)n1. The van der Waals surface area contributed by atoms with Crippen LogP contribution in [0, 0.1) is 0 Å². The topological polar surface area (TPSA) is 66.0 Å². The predicted octanol–water partition coefficient (Wildman–Crippen LogP) is 1.43. The Morgan fingerprint density at radius 1 is 1.39 bits per heavy atom. The van der Waals surface area contributed by atoms with Gasteiger partial charge >= 0.3 is 0 Å². The zero-order valence-electron chi connectivity index (χ0n) is 10.9. The number of aromatic nitrogens is 3. The molecule has 2 rings (SSSR count). The molecule has 0 amide bonds. The first-order valence-corrected chi connectivity index (χ1v) is 5.93. The molecule has 0 saturated heterocycles. The molecule has 1 unspecified atom stereocenters. The van der Waals surface area contributed by atoms with E-state index in [-0.39, 0.29) is 6.04 Å². The monoisotopic (exact) mass is 246 g/mol. The molecule has 18 heavy (non-hydrogen) atoms. The number of ether oxygens (including phenoxy) is 1. The maximum Gasteiger partial charge on any atom is 0.137 e. The smallest absolute Gasteiger partial charge is 0.137 e. The van der Waals surface area contributed by atoms with Gasteiger partial charge in [0.15, 0.2) is 0 Å². The standard InChI is InChI=1S/C13H18N4O/c1-4-10-6-12(17(2)16-10)13(14)9-5-11(18-3)8-15-7-9/h5-8,13H,4,14H2,1-3H3. The molecule has 0 spiro atoms. The van der Waals surface area contributed by atoms with Crippen molar-refractivity contribution in [2.75, 3.05) is 7.11 Å². The molecule has 0 radical (unpaired) electrons. The molecule has 1 atom stereocenters. The van der Waals surface area contributed by atoms with Crippen molar-refractivity contribution in [3.8, 4) is 5.75 Å². The van der Waals surface area contributed by atoms with Crippen molar-refractivity contribution in [1.29, 1.82) is 0 Å². The van der Waals surface area contributed by atoms with Crippen LogP contribution in [-0.2, 0) is 13.5 Å². The van der Waals surface area contributed by atoms with Gasteiger partial charge in [0.25, 0.3) is 0 Å². The molecule has 2 aromatic rings. The first-order chi connectivity index (χ1) is 8.65. The predicted molar refractivity (Wildman–Crippen MR) is 69.4 cm³/mol. The molecule has 5 nitrogen and oxygen atoms in total. The molecule has 0 bridgehead atoms. The van der Waals surface area contributed by atoms with E-state index in [9.17, 15) is 0 Å². The third-order valence-electron chi connectivity index (χ3n) is 2.98. The number of pyridine rings is 1. The Morgan fingerprint density at radius 2 is 2.17 bits per heavy atom. The van der Waals surface area contributed by atoms with Gasteiger partial charge in [0.2, 0.25) is 0 Å². The van der Waals surface area contributed by atoms with Crippen molar-refractivity contribution < 1.29 is 4.74 Å². The van der Waals surface area contributed by atoms with E-state index >= 15 is 0 Å². The van der Waals surface area contributed by atoms with E-state index in [1.165, 1.54) is 0 Å². The fraction of sp³-hybridized carbons (Fsp3) is 0.385. The molecule has 2 heterocycles. The van der Waals surface area contributed by atoms with Crippen molar-refractivity contribution in [3.05, 3.63) is 41.5 Å². The van der Waals surface area contributed by atoms with Crippen molar-refractivity contribution in [2.24, 2.45) is 12.8 Å². The summed E-state index contributed by atoms with van der Waals surface area (Å²) in [6, 6.07) is 3.69. The van der Waals surface area contributed by atoms with E-state index in [1.54, 1.807) is 19.5 Å². The first-order valence-electron chi connectivity index (χ1n) is 5.93. The van der Waals surface area contributed by atoms with Crippen molar-refractivity contribution in [3.63, 3.8) is 0 Å². The maximum atomic E-state index is 6.25. The van der Waals surface area contributed by atoms with E-state index < -0.39 is 0 Å². The third-order valence-corrected chi connectivity index (χ3v) is 2.98. The summed E-state index contributed by atoms with van der Waals surface area (Å²) in [4.78, 5) is 4.12. The minimum atomic E-state index is -0.245. The molecule has 0 aliphatic rings. The van der Waals surface area contributed by atoms with Gasteiger partial charge in [-0.15, -0.1) is 0 Å². The highest BCUT2D eigenvalue weighted by Crippen LogP contribution is 2.22. The number of methoxy groups -OCH3 is 1. The second kappa shape index (κ2) is 5.18. The first kappa shape index (κ1) is 12.6. The van der Waals surface area contributed by atoms with Crippen LogP contribution >= 0.6 is 0 Å². The Kier molecular flexibility index (Phi) is 3.62. The number of aryl methyl sites for hydroxylation is 2. The molecule has 96 valence electrons. The van der Waals surface area contributed by atoms with Crippen LogP contribution in [0.4, 0.5) is 0 Å². The Balaban J connectivity index is 2.34. The average Bonchev–Trinajstić information content (AvgIpc) is 2.79. The van der Waals surface area contributed by atoms with Crippen molar-refractivity contribution in [2.45, 2.75) is 19.4 Å². The van der Waals surface area contributed by atoms with E-state index in [4.69, 9.17) is 10.5 Å². The summed E-state index contributed by atoms with van der Waals surface area (Å²) < 4.78 is 6.98. The average molecular weight is 246 g/mol. The second-order valence-corrected chi connectivity index (χ2v) is 4.17. The number of rotatable bonds is 4. The summed E-state index contributed by atoms with van der Waals surface area (Å²) in [5.74, 6) is 0.709. The quantitative estimate of drug-likeness (QED) is 0.886. The normalized spacial score (nSPS) is 12.4. The lowest BCUT2D eigenvalue weighted by atomic mass is 10.1. The van der Waals surface area contributed by atoms with Crippen LogP contribution < -0.4 is 10.5 Å². The highest BCUT2D eigenvalue weighted by atomic mass is 16.5. The molecule has 0 aliphatic carbocycles. The molecular weight excluding hydrogens is 228 g/mol. The molecule has 0 saturated carbocycles. The molecule has 2 N–H and O–H groups in total. The summed E-state index contributed by atoms with van der Waals surface area (Å²) >= 11 is 0. The largest absolute Gasteiger partial charge is 0.495 e. The molecular formula is C13H18N4O. The van der Waals surface area contributed by atoms with E-state index in [2.05, 4.69) is 17.0 Å². The molecule has 5 heteroatoms. The van der Waals surface area contributed by atoms with Gasteiger partial charge in [-0.2, -0.15) is 5.10 Å². The van der Waals surface area contributed by atoms with Crippen LogP contribution in [0.3, 0.4) is 0 Å². The zero-order valence-corrected chi connectivity index (χ0v) is 10.9. The summed E-state index contributed by atoms with van der Waals surface area (Å²) in [6.07, 6.45) is 4.32. The minimum Gasteiger partial charge on any atom is -0.495 e. The van der Waals surface area contributed by atoms with Gasteiger partial charge in [0.05, 0.1) is 30.7 Å². The Morgan fingerprint density at radius 3 is 2.78 bits per heavy atom. The number of nitrogens with zero attached hydrogens (tertiary/aromatic N) is 3. The lowest BCUT2D eigenvalue weighted by molar-refractivity contribution is 0.412. The summed E-state index contributed by atoms with van der Waals surface area (Å²) in [5, 5.41) is 4.40. The lowest BCUT2D eigenvalue weighted by Gasteiger charge is -2.12. The Labute approximate surface area is 107 Å². The van der Waals surface area contributed by atoms with Crippen LogP contribution in [0.2, 0.25) is 0 Å².